The van der Waals surface area contributed by atoms with Crippen LogP contribution in [0.2, 0.25) is 0 Å². The van der Waals surface area contributed by atoms with Crippen LogP contribution in [0.5, 0.6) is 5.75 Å². The normalized spacial score (nSPS) is 17.5. The van der Waals surface area contributed by atoms with Crippen molar-refractivity contribution in [3.05, 3.63) is 47.6 Å². The molecule has 2 aromatic heterocycles. The molecule has 0 spiro atoms. The minimum Gasteiger partial charge on any atom is -0.497 e. The van der Waals surface area contributed by atoms with Crippen molar-refractivity contribution >= 4 is 33.0 Å². The van der Waals surface area contributed by atoms with Gasteiger partial charge in [-0.1, -0.05) is 0 Å². The highest BCUT2D eigenvalue weighted by molar-refractivity contribution is 7.20. The number of hydrogen-bond acceptors (Lipinski definition) is 4. The lowest BCUT2D eigenvalue weighted by molar-refractivity contribution is 0.0752. The highest BCUT2D eigenvalue weighted by Crippen LogP contribution is 2.38. The summed E-state index contributed by atoms with van der Waals surface area (Å²) < 4.78 is 8.76. The predicted molar refractivity (Wildman–Crippen MR) is 109 cm³/mol. The molecule has 3 aromatic rings. The molecule has 1 saturated carbocycles. The molecule has 5 nitrogen and oxygen atoms in total. The molecule has 2 aliphatic rings. The first-order valence-electron chi connectivity index (χ1n) is 9.50. The number of ether oxygens (including phenoxy) is 1. The number of fused-ring (bicyclic) bond motifs is 1. The maximum absolute atomic E-state index is 12.9. The molecule has 0 radical (unpaired) electrons. The molecule has 1 amide bonds. The van der Waals surface area contributed by atoms with Crippen LogP contribution in [0, 0.1) is 0 Å². The van der Waals surface area contributed by atoms with Gasteiger partial charge in [-0.2, -0.15) is 0 Å². The van der Waals surface area contributed by atoms with Crippen LogP contribution in [-0.4, -0.2) is 48.7 Å². The number of anilines is 1. The van der Waals surface area contributed by atoms with Crippen molar-refractivity contribution in [1.29, 1.82) is 0 Å². The Bertz CT molecular complexity index is 932. The Kier molecular flexibility index (Phi) is 4.08. The molecule has 2 fully saturated rings. The monoisotopic (exact) mass is 381 g/mol. The number of thiophene rings is 1. The molecule has 0 atom stereocenters. The van der Waals surface area contributed by atoms with E-state index >= 15 is 0 Å². The van der Waals surface area contributed by atoms with Gasteiger partial charge in [0.25, 0.3) is 5.91 Å². The number of methoxy groups -OCH3 is 1. The van der Waals surface area contributed by atoms with E-state index in [9.17, 15) is 4.79 Å². The van der Waals surface area contributed by atoms with Crippen molar-refractivity contribution in [2.24, 2.45) is 0 Å². The van der Waals surface area contributed by atoms with Gasteiger partial charge in [0.15, 0.2) is 0 Å². The number of aromatic nitrogens is 1. The maximum Gasteiger partial charge on any atom is 0.264 e. The number of piperazine rings is 1. The Morgan fingerprint density at radius 1 is 1.07 bits per heavy atom. The van der Waals surface area contributed by atoms with Crippen molar-refractivity contribution in [2.45, 2.75) is 18.9 Å². The zero-order valence-electron chi connectivity index (χ0n) is 15.4. The van der Waals surface area contributed by atoms with Crippen LogP contribution >= 0.6 is 11.3 Å². The van der Waals surface area contributed by atoms with Crippen LogP contribution < -0.4 is 9.64 Å². The number of amides is 1. The van der Waals surface area contributed by atoms with Gasteiger partial charge in [0.1, 0.15) is 5.75 Å². The van der Waals surface area contributed by atoms with Gasteiger partial charge in [-0.15, -0.1) is 11.3 Å². The number of carbonyl (C=O) groups is 1. The zero-order valence-corrected chi connectivity index (χ0v) is 16.2. The van der Waals surface area contributed by atoms with Gasteiger partial charge < -0.3 is 19.1 Å². The summed E-state index contributed by atoms with van der Waals surface area (Å²) in [4.78, 5) is 18.1. The molecule has 0 unspecified atom stereocenters. The zero-order chi connectivity index (χ0) is 18.4. The van der Waals surface area contributed by atoms with Crippen LogP contribution in [0.4, 0.5) is 5.69 Å². The summed E-state index contributed by atoms with van der Waals surface area (Å²) in [5.74, 6) is 1.04. The summed E-state index contributed by atoms with van der Waals surface area (Å²) in [6.45, 7) is 3.23. The predicted octanol–water partition coefficient (Wildman–Crippen LogP) is 4.01. The molecular weight excluding hydrogens is 358 g/mol. The van der Waals surface area contributed by atoms with E-state index in [0.29, 0.717) is 6.04 Å². The molecule has 140 valence electrons. The first-order chi connectivity index (χ1) is 13.2. The van der Waals surface area contributed by atoms with Crippen LogP contribution in [-0.2, 0) is 0 Å². The minimum absolute atomic E-state index is 0.170. The van der Waals surface area contributed by atoms with E-state index in [2.05, 4.69) is 40.1 Å². The second kappa shape index (κ2) is 6.60. The fraction of sp³-hybridized carbons (Fsp3) is 0.381. The molecule has 1 aromatic carbocycles. The van der Waals surface area contributed by atoms with Gasteiger partial charge in [0, 0.05) is 55.7 Å². The van der Waals surface area contributed by atoms with E-state index < -0.39 is 0 Å². The van der Waals surface area contributed by atoms with Crippen molar-refractivity contribution < 1.29 is 9.53 Å². The molecule has 1 saturated heterocycles. The number of nitrogens with zero attached hydrogens (tertiary/aromatic N) is 3. The third-order valence-corrected chi connectivity index (χ3v) is 6.60. The molecule has 1 aliphatic carbocycles. The van der Waals surface area contributed by atoms with Crippen LogP contribution in [0.1, 0.15) is 28.6 Å². The molecule has 0 N–H and O–H groups in total. The van der Waals surface area contributed by atoms with E-state index in [4.69, 9.17) is 4.74 Å². The lowest BCUT2D eigenvalue weighted by Gasteiger charge is -2.36. The Balaban J connectivity index is 1.24. The minimum atomic E-state index is 0.170. The molecule has 0 bridgehead atoms. The number of rotatable bonds is 4. The standard InChI is InChI=1S/C21H23N3O2S/c1-26-18-6-4-16(5-7-18)22-8-10-23(11-9-22)21(25)19-12-15-13-24(17-2-3-17)14-20(15)27-19/h4-7,12-14,17H,2-3,8-11H2,1H3. The van der Waals surface area contributed by atoms with Gasteiger partial charge in [-0.3, -0.25) is 4.79 Å². The average molecular weight is 382 g/mol. The lowest BCUT2D eigenvalue weighted by atomic mass is 10.2. The van der Waals surface area contributed by atoms with Crippen molar-refractivity contribution in [3.8, 4) is 5.75 Å². The summed E-state index contributed by atoms with van der Waals surface area (Å²) in [6, 6.07) is 10.9. The van der Waals surface area contributed by atoms with Crippen molar-refractivity contribution in [3.63, 3.8) is 0 Å². The van der Waals surface area contributed by atoms with Gasteiger partial charge >= 0.3 is 0 Å². The van der Waals surface area contributed by atoms with E-state index in [1.807, 2.05) is 17.0 Å². The van der Waals surface area contributed by atoms with E-state index in [1.165, 1.54) is 28.6 Å². The van der Waals surface area contributed by atoms with Crippen molar-refractivity contribution in [2.75, 3.05) is 38.2 Å². The lowest BCUT2D eigenvalue weighted by Crippen LogP contribution is -2.48. The first kappa shape index (κ1) is 16.7. The number of benzene rings is 1. The fourth-order valence-electron chi connectivity index (χ4n) is 3.76. The second-order valence-corrected chi connectivity index (χ2v) is 8.43. The van der Waals surface area contributed by atoms with Crippen LogP contribution in [0.15, 0.2) is 42.7 Å². The highest BCUT2D eigenvalue weighted by atomic mass is 32.1. The first-order valence-corrected chi connectivity index (χ1v) is 10.3. The van der Waals surface area contributed by atoms with Crippen LogP contribution in [0.3, 0.4) is 0 Å². The molecule has 27 heavy (non-hydrogen) atoms. The third-order valence-electron chi connectivity index (χ3n) is 5.53. The number of hydrogen-bond donors (Lipinski definition) is 0. The molecular formula is C21H23N3O2S. The summed E-state index contributed by atoms with van der Waals surface area (Å²) in [5, 5.41) is 1.20. The van der Waals surface area contributed by atoms with E-state index in [0.717, 1.165) is 36.8 Å². The Morgan fingerprint density at radius 2 is 1.81 bits per heavy atom. The number of carbonyl (C=O) groups excluding carboxylic acids is 1. The topological polar surface area (TPSA) is 37.7 Å². The average Bonchev–Trinajstić information content (AvgIpc) is 3.37. The second-order valence-electron chi connectivity index (χ2n) is 7.34. The van der Waals surface area contributed by atoms with Gasteiger partial charge in [0.05, 0.1) is 16.7 Å². The Morgan fingerprint density at radius 3 is 2.44 bits per heavy atom. The Hall–Kier alpha value is -2.47. The van der Waals surface area contributed by atoms with E-state index in [-0.39, 0.29) is 5.91 Å². The molecule has 1 aliphatic heterocycles. The quantitative estimate of drug-likeness (QED) is 0.685. The third kappa shape index (κ3) is 3.18. The smallest absolute Gasteiger partial charge is 0.264 e. The largest absolute Gasteiger partial charge is 0.497 e. The molecule has 6 heteroatoms. The fourth-order valence-corrected chi connectivity index (χ4v) is 4.80. The van der Waals surface area contributed by atoms with Gasteiger partial charge in [-0.05, 0) is 43.2 Å². The Labute approximate surface area is 162 Å². The summed E-state index contributed by atoms with van der Waals surface area (Å²) in [5.41, 5.74) is 1.18. The van der Waals surface area contributed by atoms with Gasteiger partial charge in [-0.25, -0.2) is 0 Å². The highest BCUT2D eigenvalue weighted by Gasteiger charge is 2.26. The van der Waals surface area contributed by atoms with Gasteiger partial charge in [0.2, 0.25) is 0 Å². The SMILES string of the molecule is COc1ccc(N2CCN(C(=O)c3cc4cn(C5CC5)cc4s3)CC2)cc1. The summed E-state index contributed by atoms with van der Waals surface area (Å²) in [6.07, 6.45) is 6.97. The van der Waals surface area contributed by atoms with Crippen LogP contribution in [0.25, 0.3) is 10.1 Å². The molecule has 3 heterocycles. The van der Waals surface area contributed by atoms with E-state index in [1.54, 1.807) is 18.4 Å². The summed E-state index contributed by atoms with van der Waals surface area (Å²) in [7, 11) is 1.68. The van der Waals surface area contributed by atoms with Crippen molar-refractivity contribution in [1.82, 2.24) is 9.47 Å². The molecule has 5 rings (SSSR count). The summed E-state index contributed by atoms with van der Waals surface area (Å²) >= 11 is 1.63. The maximum atomic E-state index is 12.9.